The molecule has 0 aromatic carbocycles. The molecule has 0 aliphatic heterocycles. The van der Waals surface area contributed by atoms with Crippen molar-refractivity contribution in [2.75, 3.05) is 19.8 Å². The molecule has 0 radical (unpaired) electrons. The zero-order chi connectivity index (χ0) is 10.8. The highest BCUT2D eigenvalue weighted by atomic mass is 16.5. The van der Waals surface area contributed by atoms with E-state index in [1.54, 1.807) is 0 Å². The van der Waals surface area contributed by atoms with Crippen LogP contribution in [0.5, 0.6) is 0 Å². The first-order valence-corrected chi connectivity index (χ1v) is 4.56. The Labute approximate surface area is 85.0 Å². The summed E-state index contributed by atoms with van der Waals surface area (Å²) < 4.78 is 4.73. The van der Waals surface area contributed by atoms with Crippen LogP contribution in [0.2, 0.25) is 0 Å². The van der Waals surface area contributed by atoms with Crippen molar-refractivity contribution in [3.05, 3.63) is 24.4 Å². The Morgan fingerprint density at radius 2 is 2.29 bits per heavy atom. The van der Waals surface area contributed by atoms with Crippen molar-refractivity contribution in [1.82, 2.24) is 10.6 Å². The number of rotatable bonds is 7. The van der Waals surface area contributed by atoms with Crippen LogP contribution in [0.25, 0.3) is 0 Å². The van der Waals surface area contributed by atoms with Crippen molar-refractivity contribution in [2.45, 2.75) is 13.8 Å². The number of esters is 1. The predicted octanol–water partition coefficient (Wildman–Crippen LogP) is 0.776. The normalized spacial score (nSPS) is 10.1. The van der Waals surface area contributed by atoms with Gasteiger partial charge in [0, 0.05) is 19.2 Å². The smallest absolute Gasteiger partial charge is 0.302 e. The molecule has 0 aliphatic carbocycles. The van der Waals surface area contributed by atoms with Gasteiger partial charge in [0.2, 0.25) is 0 Å². The van der Waals surface area contributed by atoms with E-state index in [-0.39, 0.29) is 5.97 Å². The molecule has 0 aromatic rings. The maximum atomic E-state index is 10.4. The quantitative estimate of drug-likeness (QED) is 0.275. The highest BCUT2D eigenvalue weighted by Gasteiger charge is 1.91. The van der Waals surface area contributed by atoms with Gasteiger partial charge >= 0.3 is 5.97 Å². The van der Waals surface area contributed by atoms with Crippen LogP contribution in [0.15, 0.2) is 24.4 Å². The summed E-state index contributed by atoms with van der Waals surface area (Å²) in [5.41, 5.74) is 0.854. The van der Waals surface area contributed by atoms with Crippen molar-refractivity contribution in [1.29, 1.82) is 0 Å². The zero-order valence-electron chi connectivity index (χ0n) is 8.80. The molecule has 0 saturated carbocycles. The molecule has 0 fully saturated rings. The molecule has 0 aliphatic rings. The topological polar surface area (TPSA) is 50.4 Å². The number of nitrogens with one attached hydrogen (secondary N) is 2. The minimum Gasteiger partial charge on any atom is -0.465 e. The maximum Gasteiger partial charge on any atom is 0.302 e. The molecule has 4 nitrogen and oxygen atoms in total. The van der Waals surface area contributed by atoms with E-state index in [0.717, 1.165) is 5.70 Å². The second kappa shape index (κ2) is 8.31. The van der Waals surface area contributed by atoms with Crippen molar-refractivity contribution in [3.63, 3.8) is 0 Å². The molecule has 4 heteroatoms. The van der Waals surface area contributed by atoms with Gasteiger partial charge in [0.05, 0.1) is 6.67 Å². The van der Waals surface area contributed by atoms with E-state index in [2.05, 4.69) is 17.2 Å². The van der Waals surface area contributed by atoms with Gasteiger partial charge < -0.3 is 10.1 Å². The van der Waals surface area contributed by atoms with Crippen LogP contribution in [-0.4, -0.2) is 25.8 Å². The van der Waals surface area contributed by atoms with Gasteiger partial charge in [-0.15, -0.1) is 0 Å². The first kappa shape index (κ1) is 12.7. The fourth-order valence-electron chi connectivity index (χ4n) is 0.791. The second-order valence-electron chi connectivity index (χ2n) is 2.72. The minimum absolute atomic E-state index is 0.252. The first-order chi connectivity index (χ1) is 6.66. The average molecular weight is 198 g/mol. The molecule has 2 N–H and O–H groups in total. The molecule has 0 unspecified atom stereocenters. The largest absolute Gasteiger partial charge is 0.465 e. The maximum absolute atomic E-state index is 10.4. The van der Waals surface area contributed by atoms with E-state index >= 15 is 0 Å². The highest BCUT2D eigenvalue weighted by Crippen LogP contribution is 1.83. The van der Waals surface area contributed by atoms with Crippen molar-refractivity contribution >= 4 is 5.97 Å². The standard InChI is InChI=1S/C10H18N2O2/c1-4-5-9(2)12-8-11-6-7-14-10(3)13/h4-5,11-12H,2,6-8H2,1,3H3/b5-4-. The van der Waals surface area contributed by atoms with E-state index < -0.39 is 0 Å². The third-order valence-electron chi connectivity index (χ3n) is 1.39. The van der Waals surface area contributed by atoms with Crippen LogP contribution in [0.1, 0.15) is 13.8 Å². The van der Waals surface area contributed by atoms with Gasteiger partial charge in [0.1, 0.15) is 6.61 Å². The third-order valence-corrected chi connectivity index (χ3v) is 1.39. The molecule has 0 aromatic heterocycles. The lowest BCUT2D eigenvalue weighted by Gasteiger charge is -2.07. The number of hydrogen-bond acceptors (Lipinski definition) is 4. The van der Waals surface area contributed by atoms with E-state index in [1.165, 1.54) is 6.92 Å². The zero-order valence-corrected chi connectivity index (χ0v) is 8.80. The lowest BCUT2D eigenvalue weighted by molar-refractivity contribution is -0.140. The average Bonchev–Trinajstić information content (AvgIpc) is 2.11. The summed E-state index contributed by atoms with van der Waals surface area (Å²) in [6.45, 7) is 8.74. The van der Waals surface area contributed by atoms with Crippen LogP contribution >= 0.6 is 0 Å². The summed E-state index contributed by atoms with van der Waals surface area (Å²) in [6, 6.07) is 0. The molecule has 14 heavy (non-hydrogen) atoms. The Bertz CT molecular complexity index is 212. The van der Waals surface area contributed by atoms with E-state index in [0.29, 0.717) is 19.8 Å². The van der Waals surface area contributed by atoms with Gasteiger partial charge in [-0.3, -0.25) is 10.1 Å². The molecule has 0 atom stereocenters. The van der Waals surface area contributed by atoms with Crippen LogP contribution in [0.4, 0.5) is 0 Å². The van der Waals surface area contributed by atoms with Gasteiger partial charge in [-0.1, -0.05) is 12.7 Å². The second-order valence-corrected chi connectivity index (χ2v) is 2.72. The molecular formula is C10H18N2O2. The summed E-state index contributed by atoms with van der Waals surface area (Å²) >= 11 is 0. The molecule has 0 spiro atoms. The third kappa shape index (κ3) is 8.80. The summed E-state index contributed by atoms with van der Waals surface area (Å²) in [4.78, 5) is 10.4. The van der Waals surface area contributed by atoms with Gasteiger partial charge in [0.25, 0.3) is 0 Å². The highest BCUT2D eigenvalue weighted by molar-refractivity contribution is 5.65. The number of allylic oxidation sites excluding steroid dienone is 2. The van der Waals surface area contributed by atoms with Gasteiger partial charge in [0.15, 0.2) is 0 Å². The number of carbonyl (C=O) groups excluding carboxylic acids is 1. The SMILES string of the molecule is C=C(/C=C\C)NCNCCOC(C)=O. The van der Waals surface area contributed by atoms with E-state index in [4.69, 9.17) is 4.74 Å². The predicted molar refractivity (Wildman–Crippen MR) is 56.6 cm³/mol. The Morgan fingerprint density at radius 3 is 2.86 bits per heavy atom. The lowest BCUT2D eigenvalue weighted by Crippen LogP contribution is -2.30. The molecule has 0 bridgehead atoms. The van der Waals surface area contributed by atoms with Crippen molar-refractivity contribution < 1.29 is 9.53 Å². The van der Waals surface area contributed by atoms with Crippen LogP contribution < -0.4 is 10.6 Å². The van der Waals surface area contributed by atoms with E-state index in [1.807, 2.05) is 19.1 Å². The fraction of sp³-hybridized carbons (Fsp3) is 0.500. The summed E-state index contributed by atoms with van der Waals surface area (Å²) in [7, 11) is 0. The lowest BCUT2D eigenvalue weighted by atomic mass is 10.4. The number of ether oxygens (including phenoxy) is 1. The number of carbonyl (C=O) groups is 1. The Morgan fingerprint density at radius 1 is 1.57 bits per heavy atom. The molecule has 0 saturated heterocycles. The summed E-state index contributed by atoms with van der Waals surface area (Å²) in [6.07, 6.45) is 3.79. The molecular weight excluding hydrogens is 180 g/mol. The Balaban J connectivity index is 3.21. The van der Waals surface area contributed by atoms with Gasteiger partial charge in [-0.2, -0.15) is 0 Å². The Kier molecular flexibility index (Phi) is 7.55. The summed E-state index contributed by atoms with van der Waals surface area (Å²) in [5.74, 6) is -0.252. The summed E-state index contributed by atoms with van der Waals surface area (Å²) in [5, 5.41) is 6.09. The molecule has 0 rings (SSSR count). The fourth-order valence-corrected chi connectivity index (χ4v) is 0.791. The molecule has 0 heterocycles. The van der Waals surface area contributed by atoms with Crippen LogP contribution in [0, 0.1) is 0 Å². The van der Waals surface area contributed by atoms with Crippen LogP contribution in [-0.2, 0) is 9.53 Å². The number of hydrogen-bond donors (Lipinski definition) is 2. The van der Waals surface area contributed by atoms with Gasteiger partial charge in [-0.05, 0) is 13.0 Å². The van der Waals surface area contributed by atoms with E-state index in [9.17, 15) is 4.79 Å². The Hall–Kier alpha value is -1.29. The first-order valence-electron chi connectivity index (χ1n) is 4.56. The van der Waals surface area contributed by atoms with Crippen molar-refractivity contribution in [3.8, 4) is 0 Å². The molecule has 80 valence electrons. The van der Waals surface area contributed by atoms with Crippen LogP contribution in [0.3, 0.4) is 0 Å². The monoisotopic (exact) mass is 198 g/mol. The molecule has 0 amide bonds. The van der Waals surface area contributed by atoms with Crippen molar-refractivity contribution in [2.24, 2.45) is 0 Å². The minimum atomic E-state index is -0.252. The van der Waals surface area contributed by atoms with Gasteiger partial charge in [-0.25, -0.2) is 0 Å².